The highest BCUT2D eigenvalue weighted by molar-refractivity contribution is 5.80. The number of carbonyl (C=O) groups excluding carboxylic acids is 1. The van der Waals surface area contributed by atoms with Crippen LogP contribution >= 0.6 is 0 Å². The Hall–Kier alpha value is -2.08. The number of hydrogen-bond donors (Lipinski definition) is 1. The monoisotopic (exact) mass is 307 g/mol. The lowest BCUT2D eigenvalue weighted by atomic mass is 9.96. The summed E-state index contributed by atoms with van der Waals surface area (Å²) in [7, 11) is 1.41. The summed E-state index contributed by atoms with van der Waals surface area (Å²) in [6.07, 6.45) is 2.46. The smallest absolute Gasteiger partial charge is 0.410 e. The van der Waals surface area contributed by atoms with Gasteiger partial charge in [-0.3, -0.25) is 4.90 Å². The first kappa shape index (κ1) is 16.3. The van der Waals surface area contributed by atoms with Crippen molar-refractivity contribution in [1.29, 1.82) is 0 Å². The largest absolute Gasteiger partial charge is 0.480 e. The third-order valence-corrected chi connectivity index (χ3v) is 3.79. The van der Waals surface area contributed by atoms with Crippen molar-refractivity contribution in [3.05, 3.63) is 35.9 Å². The normalized spacial score (nSPS) is 15.7. The van der Waals surface area contributed by atoms with E-state index in [4.69, 9.17) is 9.47 Å². The lowest BCUT2D eigenvalue weighted by Gasteiger charge is -2.29. The molecule has 1 aromatic rings. The second-order valence-corrected chi connectivity index (χ2v) is 5.39. The van der Waals surface area contributed by atoms with Crippen LogP contribution in [0.3, 0.4) is 0 Å². The second kappa shape index (κ2) is 7.79. The number of hydrogen-bond acceptors (Lipinski definition) is 4. The summed E-state index contributed by atoms with van der Waals surface area (Å²) < 4.78 is 10.6. The van der Waals surface area contributed by atoms with Gasteiger partial charge in [-0.25, -0.2) is 9.59 Å². The Labute approximate surface area is 129 Å². The number of carboxylic acid groups (broad SMARTS) is 1. The Morgan fingerprint density at radius 2 is 2.00 bits per heavy atom. The summed E-state index contributed by atoms with van der Waals surface area (Å²) in [5.41, 5.74) is 0.849. The molecule has 120 valence electrons. The number of amides is 1. The van der Waals surface area contributed by atoms with E-state index in [1.807, 2.05) is 30.3 Å². The molecule has 6 heteroatoms. The van der Waals surface area contributed by atoms with E-state index in [2.05, 4.69) is 0 Å². The highest BCUT2D eigenvalue weighted by Gasteiger charge is 2.30. The second-order valence-electron chi connectivity index (χ2n) is 5.39. The molecule has 1 saturated carbocycles. The molecule has 22 heavy (non-hydrogen) atoms. The van der Waals surface area contributed by atoms with E-state index < -0.39 is 18.1 Å². The van der Waals surface area contributed by atoms with Crippen molar-refractivity contribution in [3.63, 3.8) is 0 Å². The first-order valence-electron chi connectivity index (χ1n) is 7.36. The first-order valence-corrected chi connectivity index (χ1v) is 7.36. The summed E-state index contributed by atoms with van der Waals surface area (Å²) in [6.45, 7) is 0.0940. The Bertz CT molecular complexity index is 501. The van der Waals surface area contributed by atoms with Crippen LogP contribution in [0.5, 0.6) is 0 Å². The number of benzene rings is 1. The van der Waals surface area contributed by atoms with Crippen molar-refractivity contribution < 1.29 is 24.2 Å². The van der Waals surface area contributed by atoms with Gasteiger partial charge in [-0.15, -0.1) is 0 Å². The van der Waals surface area contributed by atoms with Gasteiger partial charge in [0.2, 0.25) is 0 Å². The number of ether oxygens (including phenoxy) is 2. The minimum atomic E-state index is -1.10. The number of likely N-dealkylation sites (N-methyl/N-ethyl adjacent to an activating group) is 1. The van der Waals surface area contributed by atoms with Crippen molar-refractivity contribution in [2.24, 2.45) is 0 Å². The van der Waals surface area contributed by atoms with E-state index in [0.29, 0.717) is 0 Å². The molecule has 0 heterocycles. The number of aliphatic carboxylic acids is 1. The molecule has 1 aliphatic rings. The van der Waals surface area contributed by atoms with Gasteiger partial charge in [0.15, 0.2) is 6.04 Å². The molecule has 1 N–H and O–H groups in total. The number of carbonyl (C=O) groups is 2. The molecule has 1 unspecified atom stereocenters. The van der Waals surface area contributed by atoms with Crippen LogP contribution in [0, 0.1) is 0 Å². The summed E-state index contributed by atoms with van der Waals surface area (Å²) >= 11 is 0. The van der Waals surface area contributed by atoms with Gasteiger partial charge < -0.3 is 14.6 Å². The molecule has 2 rings (SSSR count). The molecule has 0 bridgehead atoms. The molecule has 0 spiro atoms. The van der Waals surface area contributed by atoms with Crippen molar-refractivity contribution in [1.82, 2.24) is 4.90 Å². The molecule has 6 nitrogen and oxygen atoms in total. The maximum atomic E-state index is 12.0. The van der Waals surface area contributed by atoms with E-state index in [1.54, 1.807) is 0 Å². The van der Waals surface area contributed by atoms with Gasteiger partial charge >= 0.3 is 12.1 Å². The molecule has 1 aromatic carbocycles. The molecule has 1 aliphatic carbocycles. The van der Waals surface area contributed by atoms with Gasteiger partial charge in [0.05, 0.1) is 12.7 Å². The third-order valence-electron chi connectivity index (χ3n) is 3.79. The van der Waals surface area contributed by atoms with E-state index in [1.165, 1.54) is 7.05 Å². The zero-order valence-electron chi connectivity index (χ0n) is 12.6. The predicted molar refractivity (Wildman–Crippen MR) is 79.4 cm³/mol. The van der Waals surface area contributed by atoms with Crippen LogP contribution in [0.15, 0.2) is 30.3 Å². The average molecular weight is 307 g/mol. The van der Waals surface area contributed by atoms with Gasteiger partial charge in [0.1, 0.15) is 6.61 Å². The predicted octanol–water partition coefficient (Wildman–Crippen LogP) is 2.28. The van der Waals surface area contributed by atoms with E-state index in [0.717, 1.165) is 29.7 Å². The third kappa shape index (κ3) is 4.46. The maximum absolute atomic E-state index is 12.0. The van der Waals surface area contributed by atoms with Crippen LogP contribution in [-0.4, -0.2) is 47.9 Å². The van der Waals surface area contributed by atoms with Crippen LogP contribution in [0.4, 0.5) is 4.79 Å². The molecule has 0 aromatic heterocycles. The number of carboxylic acids is 1. The Kier molecular flexibility index (Phi) is 5.77. The summed E-state index contributed by atoms with van der Waals surface area (Å²) in [5, 5.41) is 9.25. The molecular weight excluding hydrogens is 286 g/mol. The standard InChI is InChI=1S/C16H21NO5/c1-17(14(15(18)19)11-21-13-8-5-9-13)16(20)22-10-12-6-3-2-4-7-12/h2-4,6-7,13-14H,5,8-11H2,1H3,(H,18,19). The highest BCUT2D eigenvalue weighted by atomic mass is 16.6. The van der Waals surface area contributed by atoms with Crippen molar-refractivity contribution in [3.8, 4) is 0 Å². The SMILES string of the molecule is CN(C(=O)OCc1ccccc1)C(COC1CCC1)C(=O)O. The van der Waals surface area contributed by atoms with E-state index in [9.17, 15) is 14.7 Å². The van der Waals surface area contributed by atoms with Crippen LogP contribution in [0.25, 0.3) is 0 Å². The van der Waals surface area contributed by atoms with Crippen molar-refractivity contribution in [2.75, 3.05) is 13.7 Å². The van der Waals surface area contributed by atoms with Gasteiger partial charge in [0, 0.05) is 7.05 Å². The lowest BCUT2D eigenvalue weighted by molar-refractivity contribution is -0.146. The maximum Gasteiger partial charge on any atom is 0.410 e. The number of rotatable bonds is 7. The van der Waals surface area contributed by atoms with Gasteiger partial charge in [-0.1, -0.05) is 30.3 Å². The van der Waals surface area contributed by atoms with Crippen LogP contribution in [0.2, 0.25) is 0 Å². The van der Waals surface area contributed by atoms with Crippen molar-refractivity contribution in [2.45, 2.75) is 38.0 Å². The fraction of sp³-hybridized carbons (Fsp3) is 0.500. The molecule has 0 saturated heterocycles. The van der Waals surface area contributed by atoms with Crippen LogP contribution in [-0.2, 0) is 20.9 Å². The van der Waals surface area contributed by atoms with Gasteiger partial charge in [0.25, 0.3) is 0 Å². The van der Waals surface area contributed by atoms with Gasteiger partial charge in [-0.2, -0.15) is 0 Å². The fourth-order valence-electron chi connectivity index (χ4n) is 2.06. The molecule has 1 atom stereocenters. The summed E-state index contributed by atoms with van der Waals surface area (Å²) in [5.74, 6) is -1.10. The Balaban J connectivity index is 1.83. The topological polar surface area (TPSA) is 76.1 Å². The van der Waals surface area contributed by atoms with Crippen LogP contribution in [0.1, 0.15) is 24.8 Å². The molecule has 0 radical (unpaired) electrons. The molecule has 1 fully saturated rings. The van der Waals surface area contributed by atoms with Crippen molar-refractivity contribution >= 4 is 12.1 Å². The highest BCUT2D eigenvalue weighted by Crippen LogP contribution is 2.22. The minimum Gasteiger partial charge on any atom is -0.480 e. The minimum absolute atomic E-state index is 0.0169. The Morgan fingerprint density at radius 3 is 2.55 bits per heavy atom. The number of nitrogens with zero attached hydrogens (tertiary/aromatic N) is 1. The molecule has 1 amide bonds. The summed E-state index contributed by atoms with van der Waals surface area (Å²) in [4.78, 5) is 24.4. The van der Waals surface area contributed by atoms with Gasteiger partial charge in [-0.05, 0) is 24.8 Å². The van der Waals surface area contributed by atoms with Crippen LogP contribution < -0.4 is 0 Å². The van der Waals surface area contributed by atoms with E-state index in [-0.39, 0.29) is 19.3 Å². The fourth-order valence-corrected chi connectivity index (χ4v) is 2.06. The quantitative estimate of drug-likeness (QED) is 0.836. The average Bonchev–Trinajstić information content (AvgIpc) is 2.47. The zero-order valence-corrected chi connectivity index (χ0v) is 12.6. The first-order chi connectivity index (χ1) is 10.6. The molecule has 0 aliphatic heterocycles. The lowest BCUT2D eigenvalue weighted by Crippen LogP contribution is -2.46. The van der Waals surface area contributed by atoms with E-state index >= 15 is 0 Å². The molecular formula is C16H21NO5. The summed E-state index contributed by atoms with van der Waals surface area (Å²) in [6, 6.07) is 8.20. The Morgan fingerprint density at radius 1 is 1.32 bits per heavy atom. The zero-order chi connectivity index (χ0) is 15.9.